The Morgan fingerprint density at radius 3 is 1.40 bits per heavy atom. The van der Waals surface area contributed by atoms with Gasteiger partial charge in [0, 0.05) is 11.1 Å². The fourth-order valence-corrected chi connectivity index (χ4v) is 4.33. The second kappa shape index (κ2) is 8.79. The first-order valence-corrected chi connectivity index (χ1v) is 11.1. The maximum atomic E-state index is 10.8. The molecule has 0 atom stereocenters. The van der Waals surface area contributed by atoms with Crippen LogP contribution in [-0.2, 0) is 12.8 Å². The SMILES string of the molecule is CCCCc1ccc2c(-c3c(O)ccc4cc(CCCC)ccc34)c(O)ccc2c1. The summed E-state index contributed by atoms with van der Waals surface area (Å²) >= 11 is 0. The van der Waals surface area contributed by atoms with Gasteiger partial charge in [0.15, 0.2) is 0 Å². The Labute approximate surface area is 178 Å². The van der Waals surface area contributed by atoms with E-state index in [1.54, 1.807) is 12.1 Å². The summed E-state index contributed by atoms with van der Waals surface area (Å²) in [7, 11) is 0. The van der Waals surface area contributed by atoms with Crippen molar-refractivity contribution >= 4 is 21.5 Å². The van der Waals surface area contributed by atoms with Gasteiger partial charge in [0.2, 0.25) is 0 Å². The quantitative estimate of drug-likeness (QED) is 0.334. The summed E-state index contributed by atoms with van der Waals surface area (Å²) in [6.45, 7) is 4.41. The third-order valence-electron chi connectivity index (χ3n) is 6.01. The van der Waals surface area contributed by atoms with Crippen LogP contribution >= 0.6 is 0 Å². The van der Waals surface area contributed by atoms with Crippen molar-refractivity contribution in [2.75, 3.05) is 0 Å². The van der Waals surface area contributed by atoms with E-state index in [2.05, 4.69) is 50.2 Å². The molecule has 154 valence electrons. The van der Waals surface area contributed by atoms with E-state index in [0.29, 0.717) is 11.1 Å². The number of hydrogen-bond donors (Lipinski definition) is 2. The number of aryl methyl sites for hydroxylation is 2. The molecule has 0 amide bonds. The summed E-state index contributed by atoms with van der Waals surface area (Å²) in [5, 5.41) is 25.7. The second-order valence-electron chi connectivity index (χ2n) is 8.24. The van der Waals surface area contributed by atoms with Crippen LogP contribution in [-0.4, -0.2) is 10.2 Å². The minimum atomic E-state index is 0.196. The molecule has 0 aromatic heterocycles. The number of phenols is 2. The smallest absolute Gasteiger partial charge is 0.124 e. The monoisotopic (exact) mass is 398 g/mol. The summed E-state index contributed by atoms with van der Waals surface area (Å²) < 4.78 is 0. The third-order valence-corrected chi connectivity index (χ3v) is 6.01. The fourth-order valence-electron chi connectivity index (χ4n) is 4.33. The molecule has 0 aliphatic carbocycles. The van der Waals surface area contributed by atoms with Gasteiger partial charge in [0.05, 0.1) is 0 Å². The standard InChI is InChI=1S/C28H30O2/c1-3-5-7-19-9-13-23-21(17-19)11-15-25(29)27(23)28-24-14-10-20(8-6-4-2)18-22(24)12-16-26(28)30/h9-18,29-30H,3-8H2,1-2H3. The Bertz CT molecular complexity index is 1100. The highest BCUT2D eigenvalue weighted by atomic mass is 16.3. The van der Waals surface area contributed by atoms with Crippen LogP contribution in [0, 0.1) is 0 Å². The molecule has 0 spiro atoms. The molecule has 2 nitrogen and oxygen atoms in total. The van der Waals surface area contributed by atoms with Gasteiger partial charge in [-0.3, -0.25) is 0 Å². The molecule has 2 heteroatoms. The first-order chi connectivity index (χ1) is 14.6. The zero-order valence-electron chi connectivity index (χ0n) is 17.9. The summed E-state index contributed by atoms with van der Waals surface area (Å²) in [6.07, 6.45) is 6.79. The van der Waals surface area contributed by atoms with Gasteiger partial charge in [-0.25, -0.2) is 0 Å². The highest BCUT2D eigenvalue weighted by Gasteiger charge is 2.17. The predicted molar refractivity (Wildman–Crippen MR) is 127 cm³/mol. The largest absolute Gasteiger partial charge is 0.507 e. The zero-order chi connectivity index (χ0) is 21.1. The molecule has 4 aromatic rings. The van der Waals surface area contributed by atoms with E-state index >= 15 is 0 Å². The minimum Gasteiger partial charge on any atom is -0.507 e. The topological polar surface area (TPSA) is 40.5 Å². The first-order valence-electron chi connectivity index (χ1n) is 11.1. The van der Waals surface area contributed by atoms with Crippen molar-refractivity contribution in [2.24, 2.45) is 0 Å². The minimum absolute atomic E-state index is 0.196. The average Bonchev–Trinajstić information content (AvgIpc) is 2.77. The van der Waals surface area contributed by atoms with Crippen molar-refractivity contribution in [3.05, 3.63) is 71.8 Å². The number of fused-ring (bicyclic) bond motifs is 2. The van der Waals surface area contributed by atoms with Crippen molar-refractivity contribution in [1.82, 2.24) is 0 Å². The molecule has 4 rings (SSSR count). The number of rotatable bonds is 7. The summed E-state index contributed by atoms with van der Waals surface area (Å²) in [5.41, 5.74) is 4.03. The number of phenolic OH excluding ortho intramolecular Hbond substituents is 2. The molecule has 0 bridgehead atoms. The molecule has 30 heavy (non-hydrogen) atoms. The lowest BCUT2D eigenvalue weighted by atomic mass is 9.90. The number of benzene rings is 4. The Morgan fingerprint density at radius 2 is 1.00 bits per heavy atom. The summed E-state index contributed by atoms with van der Waals surface area (Å²) in [6, 6.07) is 20.3. The summed E-state index contributed by atoms with van der Waals surface area (Å²) in [4.78, 5) is 0. The van der Waals surface area contributed by atoms with Gasteiger partial charge >= 0.3 is 0 Å². The van der Waals surface area contributed by atoms with Gasteiger partial charge in [-0.15, -0.1) is 0 Å². The van der Waals surface area contributed by atoms with E-state index in [0.717, 1.165) is 34.4 Å². The molecule has 0 saturated carbocycles. The van der Waals surface area contributed by atoms with Crippen LogP contribution in [0.3, 0.4) is 0 Å². The maximum absolute atomic E-state index is 10.8. The van der Waals surface area contributed by atoms with Crippen LogP contribution in [0.1, 0.15) is 50.7 Å². The molecule has 0 heterocycles. The van der Waals surface area contributed by atoms with Gasteiger partial charge in [0.1, 0.15) is 11.5 Å². The highest BCUT2D eigenvalue weighted by molar-refractivity contribution is 6.09. The third kappa shape index (κ3) is 3.87. The van der Waals surface area contributed by atoms with Crippen LogP contribution in [0.25, 0.3) is 32.7 Å². The van der Waals surface area contributed by atoms with Crippen molar-refractivity contribution in [3.8, 4) is 22.6 Å². The van der Waals surface area contributed by atoms with Crippen LogP contribution in [0.2, 0.25) is 0 Å². The lowest BCUT2D eigenvalue weighted by Crippen LogP contribution is -1.90. The van der Waals surface area contributed by atoms with Crippen LogP contribution in [0.5, 0.6) is 11.5 Å². The zero-order valence-corrected chi connectivity index (χ0v) is 17.9. The maximum Gasteiger partial charge on any atom is 0.124 e. The molecule has 0 unspecified atom stereocenters. The number of unbranched alkanes of at least 4 members (excludes halogenated alkanes) is 2. The van der Waals surface area contributed by atoms with Gasteiger partial charge in [-0.05, 0) is 70.5 Å². The average molecular weight is 399 g/mol. The van der Waals surface area contributed by atoms with E-state index in [1.807, 2.05) is 12.1 Å². The highest BCUT2D eigenvalue weighted by Crippen LogP contribution is 2.44. The summed E-state index contributed by atoms with van der Waals surface area (Å²) in [5.74, 6) is 0.392. The number of hydrogen-bond acceptors (Lipinski definition) is 2. The van der Waals surface area contributed by atoms with Crippen LogP contribution in [0.4, 0.5) is 0 Å². The Morgan fingerprint density at radius 1 is 0.567 bits per heavy atom. The molecule has 0 fully saturated rings. The van der Waals surface area contributed by atoms with Crippen molar-refractivity contribution in [2.45, 2.75) is 52.4 Å². The van der Waals surface area contributed by atoms with E-state index in [1.165, 1.54) is 36.8 Å². The van der Waals surface area contributed by atoms with Gasteiger partial charge in [0.25, 0.3) is 0 Å². The van der Waals surface area contributed by atoms with E-state index in [4.69, 9.17) is 0 Å². The predicted octanol–water partition coefficient (Wildman–Crippen LogP) is 7.76. The van der Waals surface area contributed by atoms with Gasteiger partial charge < -0.3 is 10.2 Å². The molecule has 4 aromatic carbocycles. The van der Waals surface area contributed by atoms with Crippen LogP contribution < -0.4 is 0 Å². The number of aromatic hydroxyl groups is 2. The van der Waals surface area contributed by atoms with Crippen molar-refractivity contribution in [3.63, 3.8) is 0 Å². The Hall–Kier alpha value is -3.00. The molecule has 0 aliphatic rings. The lowest BCUT2D eigenvalue weighted by Gasteiger charge is -2.15. The normalized spacial score (nSPS) is 11.4. The Balaban J connectivity index is 1.90. The molecular formula is C28H30O2. The fraction of sp³-hybridized carbons (Fsp3) is 0.286. The molecule has 0 radical (unpaired) electrons. The molecule has 2 N–H and O–H groups in total. The second-order valence-corrected chi connectivity index (χ2v) is 8.24. The van der Waals surface area contributed by atoms with Crippen LogP contribution in [0.15, 0.2) is 60.7 Å². The van der Waals surface area contributed by atoms with E-state index in [-0.39, 0.29) is 11.5 Å². The molecular weight excluding hydrogens is 368 g/mol. The van der Waals surface area contributed by atoms with Crippen molar-refractivity contribution < 1.29 is 10.2 Å². The molecule has 0 saturated heterocycles. The van der Waals surface area contributed by atoms with Crippen molar-refractivity contribution in [1.29, 1.82) is 0 Å². The molecule has 0 aliphatic heterocycles. The van der Waals surface area contributed by atoms with E-state index in [9.17, 15) is 10.2 Å². The first kappa shape index (κ1) is 20.3. The van der Waals surface area contributed by atoms with Gasteiger partial charge in [-0.1, -0.05) is 75.2 Å². The van der Waals surface area contributed by atoms with Gasteiger partial charge in [-0.2, -0.15) is 0 Å². The Kier molecular flexibility index (Phi) is 5.94. The lowest BCUT2D eigenvalue weighted by molar-refractivity contribution is 0.470. The van der Waals surface area contributed by atoms with E-state index < -0.39 is 0 Å².